The van der Waals surface area contributed by atoms with Gasteiger partial charge in [-0.1, -0.05) is 6.07 Å². The number of hydrogen-bond acceptors (Lipinski definition) is 8. The Morgan fingerprint density at radius 1 is 1.12 bits per heavy atom. The zero-order valence-corrected chi connectivity index (χ0v) is 22.1. The van der Waals surface area contributed by atoms with E-state index in [2.05, 4.69) is 20.0 Å². The van der Waals surface area contributed by atoms with E-state index < -0.39 is 26.6 Å². The number of methoxy groups -OCH3 is 1. The van der Waals surface area contributed by atoms with Crippen LogP contribution in [0.1, 0.15) is 6.92 Å². The third-order valence-electron chi connectivity index (χ3n) is 6.06. The minimum absolute atomic E-state index is 0.0851. The quantitative estimate of drug-likeness (QED) is 0.358. The Hall–Kier alpha value is -4.85. The maximum Gasteiger partial charge on any atom is 0.264 e. The summed E-state index contributed by atoms with van der Waals surface area (Å²) in [5.74, 6) is -2.49. The molecule has 3 heterocycles. The first-order chi connectivity index (χ1) is 19.0. The van der Waals surface area contributed by atoms with E-state index >= 15 is 0 Å². The van der Waals surface area contributed by atoms with Crippen LogP contribution in [0.15, 0.2) is 53.6 Å². The second kappa shape index (κ2) is 10.0. The Morgan fingerprint density at radius 2 is 1.90 bits per heavy atom. The molecule has 0 saturated carbocycles. The molecule has 5 rings (SSSR count). The summed E-state index contributed by atoms with van der Waals surface area (Å²) in [5, 5.41) is 3.14. The summed E-state index contributed by atoms with van der Waals surface area (Å²) in [6, 6.07) is 8.62. The van der Waals surface area contributed by atoms with Crippen molar-refractivity contribution in [3.8, 4) is 22.8 Å². The Bertz CT molecular complexity index is 1820. The number of rotatable bonds is 6. The average Bonchev–Trinajstić information content (AvgIpc) is 2.89. The second-order valence-electron chi connectivity index (χ2n) is 8.75. The number of likely N-dealkylation sites (N-methyl/N-ethyl adjacent to an activating group) is 1. The standard InChI is InChI=1S/C26H21F2N5O6S/c1-13(34)30-25-23-24(39-12-22(35)33(23)2)17-8-14(4-6-19(17)31-25)15-9-20(26(38-3)29-11-15)32-40(36,37)21-7-5-16(27)10-18(21)28/h4-11,32H,12H2,1-3H3,(H,30,31,34). The van der Waals surface area contributed by atoms with Gasteiger partial charge in [0.1, 0.15) is 27.9 Å². The lowest BCUT2D eigenvalue weighted by molar-refractivity contribution is -0.121. The van der Waals surface area contributed by atoms with Gasteiger partial charge in [0, 0.05) is 37.2 Å². The van der Waals surface area contributed by atoms with Crippen molar-refractivity contribution in [3.05, 3.63) is 60.3 Å². The molecule has 2 N–H and O–H groups in total. The lowest BCUT2D eigenvalue weighted by Crippen LogP contribution is -2.36. The molecule has 14 heteroatoms. The Morgan fingerprint density at radius 3 is 2.60 bits per heavy atom. The molecule has 40 heavy (non-hydrogen) atoms. The number of carbonyl (C=O) groups excluding carboxylic acids is 2. The van der Waals surface area contributed by atoms with Crippen molar-refractivity contribution in [1.82, 2.24) is 9.97 Å². The minimum Gasteiger partial charge on any atom is -0.481 e. The number of hydrogen-bond donors (Lipinski definition) is 2. The van der Waals surface area contributed by atoms with Gasteiger partial charge in [-0.2, -0.15) is 0 Å². The molecule has 11 nitrogen and oxygen atoms in total. The molecule has 206 valence electrons. The van der Waals surface area contributed by atoms with Crippen molar-refractivity contribution in [2.75, 3.05) is 35.7 Å². The van der Waals surface area contributed by atoms with Crippen LogP contribution in [0.2, 0.25) is 0 Å². The van der Waals surface area contributed by atoms with E-state index in [0.717, 1.165) is 12.1 Å². The molecule has 1 aliphatic heterocycles. The van der Waals surface area contributed by atoms with Gasteiger partial charge in [0.05, 0.1) is 12.6 Å². The Kier molecular flexibility index (Phi) is 6.71. The van der Waals surface area contributed by atoms with Gasteiger partial charge in [-0.15, -0.1) is 0 Å². The predicted octanol–water partition coefficient (Wildman–Crippen LogP) is 3.70. The zero-order chi connectivity index (χ0) is 28.8. The van der Waals surface area contributed by atoms with E-state index in [4.69, 9.17) is 9.47 Å². The number of nitrogens with zero attached hydrogens (tertiary/aromatic N) is 3. The van der Waals surface area contributed by atoms with E-state index in [1.165, 1.54) is 31.2 Å². The van der Waals surface area contributed by atoms with E-state index in [1.807, 2.05) is 0 Å². The number of ether oxygens (including phenoxy) is 2. The number of pyridine rings is 2. The number of fused-ring (bicyclic) bond motifs is 3. The number of carbonyl (C=O) groups is 2. The first-order valence-electron chi connectivity index (χ1n) is 11.7. The number of aromatic nitrogens is 2. The molecule has 0 bridgehead atoms. The lowest BCUT2D eigenvalue weighted by atomic mass is 10.0. The van der Waals surface area contributed by atoms with E-state index in [1.54, 1.807) is 25.2 Å². The summed E-state index contributed by atoms with van der Waals surface area (Å²) in [6.07, 6.45) is 1.44. The summed E-state index contributed by atoms with van der Waals surface area (Å²) in [6.45, 7) is 1.10. The number of amides is 2. The number of benzene rings is 2. The summed E-state index contributed by atoms with van der Waals surface area (Å²) in [4.78, 5) is 33.3. The van der Waals surface area contributed by atoms with Crippen LogP contribution < -0.4 is 24.4 Å². The largest absolute Gasteiger partial charge is 0.481 e. The maximum atomic E-state index is 14.2. The van der Waals surface area contributed by atoms with Crippen LogP contribution in [0.4, 0.5) is 26.0 Å². The highest BCUT2D eigenvalue weighted by Crippen LogP contribution is 2.44. The first-order valence-corrected chi connectivity index (χ1v) is 13.1. The summed E-state index contributed by atoms with van der Waals surface area (Å²) in [7, 11) is -1.65. The molecule has 0 unspecified atom stereocenters. The number of nitrogens with one attached hydrogen (secondary N) is 2. The number of sulfonamides is 1. The molecule has 2 aromatic carbocycles. The van der Waals surface area contributed by atoms with Crippen LogP contribution in [0, 0.1) is 11.6 Å². The third kappa shape index (κ3) is 4.84. The monoisotopic (exact) mass is 569 g/mol. The average molecular weight is 570 g/mol. The van der Waals surface area contributed by atoms with Gasteiger partial charge in [0.2, 0.25) is 11.8 Å². The van der Waals surface area contributed by atoms with Gasteiger partial charge >= 0.3 is 0 Å². The molecule has 0 fully saturated rings. The lowest BCUT2D eigenvalue weighted by Gasteiger charge is -2.28. The molecule has 0 saturated heterocycles. The SMILES string of the molecule is COc1ncc(-c2ccc3nc(NC(C)=O)c4c(c3c2)OCC(=O)N4C)cc1NS(=O)(=O)c1ccc(F)cc1F. The van der Waals surface area contributed by atoms with Gasteiger partial charge < -0.3 is 19.7 Å². The topological polar surface area (TPSA) is 140 Å². The molecule has 0 aliphatic carbocycles. The van der Waals surface area contributed by atoms with Crippen molar-refractivity contribution in [3.63, 3.8) is 0 Å². The maximum absolute atomic E-state index is 14.2. The van der Waals surface area contributed by atoms with Gasteiger partial charge in [-0.05, 0) is 35.9 Å². The minimum atomic E-state index is -4.48. The van der Waals surface area contributed by atoms with Crippen LogP contribution in [-0.4, -0.2) is 51.0 Å². The number of halogens is 2. The summed E-state index contributed by atoms with van der Waals surface area (Å²) in [5.41, 5.74) is 1.67. The second-order valence-corrected chi connectivity index (χ2v) is 10.4. The summed E-state index contributed by atoms with van der Waals surface area (Å²) < 4.78 is 66.6. The zero-order valence-electron chi connectivity index (χ0n) is 21.3. The fourth-order valence-corrected chi connectivity index (χ4v) is 5.32. The van der Waals surface area contributed by atoms with Crippen molar-refractivity contribution in [2.45, 2.75) is 11.8 Å². The Balaban J connectivity index is 1.60. The molecule has 2 amide bonds. The van der Waals surface area contributed by atoms with Crippen LogP contribution in [0.5, 0.6) is 11.6 Å². The van der Waals surface area contributed by atoms with E-state index in [0.29, 0.717) is 39.5 Å². The predicted molar refractivity (Wildman–Crippen MR) is 142 cm³/mol. The third-order valence-corrected chi connectivity index (χ3v) is 7.46. The summed E-state index contributed by atoms with van der Waals surface area (Å²) >= 11 is 0. The molecule has 2 aromatic heterocycles. The normalized spacial score (nSPS) is 13.0. The van der Waals surface area contributed by atoms with E-state index in [9.17, 15) is 26.8 Å². The van der Waals surface area contributed by atoms with Gasteiger partial charge in [0.15, 0.2) is 18.2 Å². The molecule has 0 radical (unpaired) electrons. The van der Waals surface area contributed by atoms with Gasteiger partial charge in [-0.3, -0.25) is 14.3 Å². The highest BCUT2D eigenvalue weighted by Gasteiger charge is 2.29. The van der Waals surface area contributed by atoms with Crippen LogP contribution in [0.3, 0.4) is 0 Å². The van der Waals surface area contributed by atoms with E-state index in [-0.39, 0.29) is 35.8 Å². The highest BCUT2D eigenvalue weighted by atomic mass is 32.2. The van der Waals surface area contributed by atoms with Crippen molar-refractivity contribution in [2.24, 2.45) is 0 Å². The van der Waals surface area contributed by atoms with Crippen molar-refractivity contribution in [1.29, 1.82) is 0 Å². The Labute approximate surface area is 226 Å². The molecule has 4 aromatic rings. The first kappa shape index (κ1) is 26.7. The van der Waals surface area contributed by atoms with Gasteiger partial charge in [0.25, 0.3) is 15.9 Å². The van der Waals surface area contributed by atoms with Crippen molar-refractivity contribution < 1.29 is 36.3 Å². The fraction of sp³-hybridized carbons (Fsp3) is 0.154. The highest BCUT2D eigenvalue weighted by molar-refractivity contribution is 7.92. The molecular formula is C26H21F2N5O6S. The van der Waals surface area contributed by atoms with Crippen LogP contribution in [0.25, 0.3) is 22.0 Å². The molecule has 1 aliphatic rings. The van der Waals surface area contributed by atoms with Crippen LogP contribution >= 0.6 is 0 Å². The molecular weight excluding hydrogens is 548 g/mol. The van der Waals surface area contributed by atoms with Gasteiger partial charge in [-0.25, -0.2) is 27.2 Å². The van der Waals surface area contributed by atoms with Crippen LogP contribution in [-0.2, 0) is 19.6 Å². The fourth-order valence-electron chi connectivity index (χ4n) is 4.21. The smallest absolute Gasteiger partial charge is 0.264 e. The number of anilines is 3. The molecule has 0 spiro atoms. The van der Waals surface area contributed by atoms with Crippen molar-refractivity contribution >= 4 is 49.9 Å². The molecule has 0 atom stereocenters.